The molecule has 0 amide bonds. The highest BCUT2D eigenvalue weighted by Crippen LogP contribution is 2.43. The minimum atomic E-state index is 0.294. The molecule has 2 aliphatic heterocycles. The van der Waals surface area contributed by atoms with Crippen molar-refractivity contribution in [2.24, 2.45) is 11.0 Å². The van der Waals surface area contributed by atoms with E-state index in [9.17, 15) is 0 Å². The van der Waals surface area contributed by atoms with Crippen LogP contribution in [0.2, 0.25) is 0 Å². The van der Waals surface area contributed by atoms with Crippen LogP contribution in [0.4, 0.5) is 0 Å². The molecule has 0 N–H and O–H groups in total. The lowest BCUT2D eigenvalue weighted by Gasteiger charge is -2.30. The number of thioether (sulfide) groups is 1. The van der Waals surface area contributed by atoms with Crippen LogP contribution in [0, 0.1) is 5.92 Å². The summed E-state index contributed by atoms with van der Waals surface area (Å²) in [6, 6.07) is 17.0. The molecule has 4 rings (SSSR count). The molecule has 0 spiro atoms. The summed E-state index contributed by atoms with van der Waals surface area (Å²) in [4.78, 5) is 0. The normalized spacial score (nSPS) is 22.4. The number of fused-ring (bicyclic) bond motifs is 1. The summed E-state index contributed by atoms with van der Waals surface area (Å²) in [5.74, 6) is 4.31. The van der Waals surface area contributed by atoms with Crippen LogP contribution in [0.1, 0.15) is 30.5 Å². The largest absolute Gasteiger partial charge is 0.497 e. The molecule has 2 aromatic carbocycles. The van der Waals surface area contributed by atoms with Gasteiger partial charge >= 0.3 is 0 Å². The van der Waals surface area contributed by atoms with Crippen LogP contribution in [0.15, 0.2) is 59.2 Å². The number of ether oxygens (including phenoxy) is 2. The van der Waals surface area contributed by atoms with E-state index < -0.39 is 0 Å². The van der Waals surface area contributed by atoms with Crippen molar-refractivity contribution in [2.45, 2.75) is 19.4 Å². The maximum Gasteiger partial charge on any atom is 0.118 e. The lowest BCUT2D eigenvalue weighted by atomic mass is 9.87. The van der Waals surface area contributed by atoms with Gasteiger partial charge in [0.15, 0.2) is 0 Å². The van der Waals surface area contributed by atoms with Gasteiger partial charge in [-0.1, -0.05) is 31.2 Å². The molecule has 2 heterocycles. The van der Waals surface area contributed by atoms with Gasteiger partial charge in [0.1, 0.15) is 11.5 Å². The Labute approximate surface area is 177 Å². The summed E-state index contributed by atoms with van der Waals surface area (Å²) < 4.78 is 10.6. The molecular formula is C24H28N2O2S. The highest BCUT2D eigenvalue weighted by molar-refractivity contribution is 7.99. The van der Waals surface area contributed by atoms with Gasteiger partial charge in [0.2, 0.25) is 0 Å². The predicted octanol–water partition coefficient (Wildman–Crippen LogP) is 5.27. The average molecular weight is 409 g/mol. The van der Waals surface area contributed by atoms with E-state index >= 15 is 0 Å². The average Bonchev–Trinajstić information content (AvgIpc) is 3.14. The van der Waals surface area contributed by atoms with Crippen molar-refractivity contribution in [3.05, 3.63) is 65.2 Å². The number of nitrogens with zero attached hydrogens (tertiary/aromatic N) is 2. The van der Waals surface area contributed by atoms with Crippen molar-refractivity contribution in [1.82, 2.24) is 5.01 Å². The number of methoxy groups -OCH3 is 2. The zero-order chi connectivity index (χ0) is 20.2. The fourth-order valence-corrected chi connectivity index (χ4v) is 5.28. The standard InChI is InChI=1S/C24H28N2O2S/c1-4-13-26-24(18-7-11-21(28-3)12-8-18)22-16-29-15-19(23(22)25-26)14-17-5-9-20(27-2)10-6-17/h5-12,14,22,24H,4,13,15-16H2,1-3H3/b19-14+. The minimum absolute atomic E-state index is 0.294. The quantitative estimate of drug-likeness (QED) is 0.652. The zero-order valence-electron chi connectivity index (χ0n) is 17.3. The lowest BCUT2D eigenvalue weighted by molar-refractivity contribution is 0.209. The smallest absolute Gasteiger partial charge is 0.118 e. The molecule has 1 fully saturated rings. The molecule has 1 saturated heterocycles. The van der Waals surface area contributed by atoms with Gasteiger partial charge in [0.25, 0.3) is 0 Å². The van der Waals surface area contributed by atoms with Gasteiger partial charge in [-0.25, -0.2) is 0 Å². The Morgan fingerprint density at radius 2 is 1.69 bits per heavy atom. The van der Waals surface area contributed by atoms with Gasteiger partial charge < -0.3 is 9.47 Å². The Bertz CT molecular complexity index is 890. The molecule has 0 bridgehead atoms. The van der Waals surface area contributed by atoms with Crippen LogP contribution in [0.25, 0.3) is 6.08 Å². The highest BCUT2D eigenvalue weighted by Gasteiger charge is 2.41. The van der Waals surface area contributed by atoms with E-state index in [1.807, 2.05) is 23.9 Å². The van der Waals surface area contributed by atoms with E-state index in [4.69, 9.17) is 14.6 Å². The van der Waals surface area contributed by atoms with E-state index in [0.29, 0.717) is 12.0 Å². The van der Waals surface area contributed by atoms with Gasteiger partial charge in [-0.2, -0.15) is 16.9 Å². The van der Waals surface area contributed by atoms with Gasteiger partial charge in [0, 0.05) is 24.0 Å². The summed E-state index contributed by atoms with van der Waals surface area (Å²) in [5.41, 5.74) is 5.11. The van der Waals surface area contributed by atoms with Crippen molar-refractivity contribution < 1.29 is 9.47 Å². The first-order chi connectivity index (χ1) is 14.2. The molecule has 2 aliphatic rings. The summed E-state index contributed by atoms with van der Waals surface area (Å²) >= 11 is 2.01. The fourth-order valence-electron chi connectivity index (χ4n) is 4.11. The van der Waals surface area contributed by atoms with E-state index in [1.165, 1.54) is 22.4 Å². The zero-order valence-corrected chi connectivity index (χ0v) is 18.1. The Morgan fingerprint density at radius 3 is 2.31 bits per heavy atom. The lowest BCUT2D eigenvalue weighted by Crippen LogP contribution is -2.30. The number of benzene rings is 2. The summed E-state index contributed by atoms with van der Waals surface area (Å²) in [6.45, 7) is 3.19. The first-order valence-electron chi connectivity index (χ1n) is 10.1. The number of hydrazone groups is 1. The van der Waals surface area contributed by atoms with E-state index in [2.05, 4.69) is 54.4 Å². The third kappa shape index (κ3) is 4.15. The first-order valence-corrected chi connectivity index (χ1v) is 11.3. The molecule has 0 aliphatic carbocycles. The van der Waals surface area contributed by atoms with Gasteiger partial charge in [-0.15, -0.1) is 0 Å². The third-order valence-electron chi connectivity index (χ3n) is 5.54. The Morgan fingerprint density at radius 1 is 1.03 bits per heavy atom. The first kappa shape index (κ1) is 19.9. The van der Waals surface area contributed by atoms with Gasteiger partial charge in [0.05, 0.1) is 26.0 Å². The monoisotopic (exact) mass is 408 g/mol. The third-order valence-corrected chi connectivity index (χ3v) is 6.65. The Kier molecular flexibility index (Phi) is 6.14. The van der Waals surface area contributed by atoms with E-state index in [1.54, 1.807) is 14.2 Å². The molecule has 2 atom stereocenters. The van der Waals surface area contributed by atoms with Gasteiger partial charge in [-0.3, -0.25) is 5.01 Å². The summed E-state index contributed by atoms with van der Waals surface area (Å²) in [6.07, 6.45) is 3.37. The fraction of sp³-hybridized carbons (Fsp3) is 0.375. The Balaban J connectivity index is 1.65. The molecule has 29 heavy (non-hydrogen) atoms. The second kappa shape index (κ2) is 8.95. The number of hydrogen-bond donors (Lipinski definition) is 0. The van der Waals surface area contributed by atoms with Crippen molar-refractivity contribution in [3.63, 3.8) is 0 Å². The molecule has 0 saturated carbocycles. The van der Waals surface area contributed by atoms with Crippen molar-refractivity contribution in [2.75, 3.05) is 32.3 Å². The molecule has 2 unspecified atom stereocenters. The maximum atomic E-state index is 5.35. The topological polar surface area (TPSA) is 34.1 Å². The molecule has 2 aromatic rings. The van der Waals surface area contributed by atoms with Crippen LogP contribution >= 0.6 is 11.8 Å². The second-order valence-electron chi connectivity index (χ2n) is 7.43. The predicted molar refractivity (Wildman–Crippen MR) is 122 cm³/mol. The highest BCUT2D eigenvalue weighted by atomic mass is 32.2. The van der Waals surface area contributed by atoms with E-state index in [0.717, 1.165) is 36.0 Å². The SMILES string of the molecule is CCCN1N=C2/C(=C/c3ccc(OC)cc3)CSCC2C1c1ccc(OC)cc1. The minimum Gasteiger partial charge on any atom is -0.497 e. The van der Waals surface area contributed by atoms with Crippen molar-refractivity contribution in [1.29, 1.82) is 0 Å². The number of rotatable bonds is 6. The van der Waals surface area contributed by atoms with E-state index in [-0.39, 0.29) is 0 Å². The van der Waals surface area contributed by atoms with Crippen LogP contribution < -0.4 is 9.47 Å². The second-order valence-corrected chi connectivity index (χ2v) is 8.46. The Hall–Kier alpha value is -2.40. The van der Waals surface area contributed by atoms with Crippen LogP contribution in [0.3, 0.4) is 0 Å². The van der Waals surface area contributed by atoms with Gasteiger partial charge in [-0.05, 0) is 53.5 Å². The van der Waals surface area contributed by atoms with Crippen molar-refractivity contribution in [3.8, 4) is 11.5 Å². The molecule has 0 aromatic heterocycles. The maximum absolute atomic E-state index is 5.35. The molecule has 152 valence electrons. The van der Waals surface area contributed by atoms with Crippen LogP contribution in [0.5, 0.6) is 11.5 Å². The summed E-state index contributed by atoms with van der Waals surface area (Å²) in [5, 5.41) is 7.43. The molecule has 0 radical (unpaired) electrons. The molecule has 5 heteroatoms. The van der Waals surface area contributed by atoms with Crippen LogP contribution in [-0.4, -0.2) is 43.0 Å². The molecule has 4 nitrogen and oxygen atoms in total. The van der Waals surface area contributed by atoms with Crippen molar-refractivity contribution >= 4 is 23.5 Å². The molecular weight excluding hydrogens is 380 g/mol. The van der Waals surface area contributed by atoms with Crippen LogP contribution in [-0.2, 0) is 0 Å². The summed E-state index contributed by atoms with van der Waals surface area (Å²) in [7, 11) is 3.41. The number of hydrogen-bond acceptors (Lipinski definition) is 5.